The van der Waals surface area contributed by atoms with Crippen LogP contribution in [0.5, 0.6) is 0 Å². The number of carbonyl (C=O) groups excluding carboxylic acids is 1. The summed E-state index contributed by atoms with van der Waals surface area (Å²) in [6.07, 6.45) is -2.91. The van der Waals surface area contributed by atoms with E-state index in [9.17, 15) is 18.0 Å². The minimum absolute atomic E-state index is 0.211. The second-order valence-electron chi connectivity index (χ2n) is 3.94. The van der Waals surface area contributed by atoms with Crippen molar-refractivity contribution in [2.45, 2.75) is 19.6 Å². The van der Waals surface area contributed by atoms with Crippen LogP contribution in [0.2, 0.25) is 0 Å². The molecule has 2 aromatic rings. The Balaban J connectivity index is 2.30. The summed E-state index contributed by atoms with van der Waals surface area (Å²) in [6, 6.07) is 5.71. The van der Waals surface area contributed by atoms with Crippen LogP contribution in [-0.4, -0.2) is 15.6 Å². The first-order valence-corrected chi connectivity index (χ1v) is 5.67. The van der Waals surface area contributed by atoms with E-state index in [4.69, 9.17) is 0 Å². The standard InChI is InChI=1S/C13H11F3N2O/c1-2-18-11(7-8-17-18)12(19)9-3-5-10(6-4-9)13(14,15)16/h3-8H,2H2,1H3. The molecule has 0 atom stereocenters. The highest BCUT2D eigenvalue weighted by molar-refractivity contribution is 6.07. The molecule has 0 unspecified atom stereocenters. The summed E-state index contributed by atoms with van der Waals surface area (Å²) in [4.78, 5) is 12.1. The molecule has 19 heavy (non-hydrogen) atoms. The Morgan fingerprint density at radius 1 is 1.21 bits per heavy atom. The lowest BCUT2D eigenvalue weighted by Crippen LogP contribution is -2.11. The first-order valence-electron chi connectivity index (χ1n) is 5.67. The maximum absolute atomic E-state index is 12.4. The zero-order valence-electron chi connectivity index (χ0n) is 10.1. The Morgan fingerprint density at radius 2 is 1.84 bits per heavy atom. The first kappa shape index (κ1) is 13.3. The van der Waals surface area contributed by atoms with E-state index in [0.29, 0.717) is 12.2 Å². The molecular weight excluding hydrogens is 257 g/mol. The quantitative estimate of drug-likeness (QED) is 0.801. The molecule has 1 aromatic carbocycles. The molecule has 0 radical (unpaired) electrons. The van der Waals surface area contributed by atoms with Crippen molar-refractivity contribution in [3.05, 3.63) is 53.3 Å². The number of aromatic nitrogens is 2. The number of benzene rings is 1. The number of aryl methyl sites for hydroxylation is 1. The lowest BCUT2D eigenvalue weighted by Gasteiger charge is -2.07. The maximum atomic E-state index is 12.4. The molecule has 0 aliphatic rings. The summed E-state index contributed by atoms with van der Waals surface area (Å²) < 4.78 is 38.7. The second kappa shape index (κ2) is 4.87. The fourth-order valence-corrected chi connectivity index (χ4v) is 1.74. The molecule has 6 heteroatoms. The van der Waals surface area contributed by atoms with Gasteiger partial charge in [0.1, 0.15) is 5.69 Å². The minimum atomic E-state index is -4.40. The van der Waals surface area contributed by atoms with E-state index >= 15 is 0 Å². The van der Waals surface area contributed by atoms with Gasteiger partial charge in [0.15, 0.2) is 0 Å². The molecule has 0 aliphatic heterocycles. The normalized spacial score (nSPS) is 11.6. The van der Waals surface area contributed by atoms with Crippen LogP contribution in [0.15, 0.2) is 36.5 Å². The van der Waals surface area contributed by atoms with Gasteiger partial charge in [-0.05, 0) is 25.1 Å². The van der Waals surface area contributed by atoms with Crippen molar-refractivity contribution in [3.8, 4) is 0 Å². The van der Waals surface area contributed by atoms with E-state index in [1.807, 2.05) is 6.92 Å². The van der Waals surface area contributed by atoms with Crippen molar-refractivity contribution >= 4 is 5.78 Å². The molecule has 1 aromatic heterocycles. The van der Waals surface area contributed by atoms with Gasteiger partial charge in [-0.3, -0.25) is 9.48 Å². The molecule has 0 aliphatic carbocycles. The van der Waals surface area contributed by atoms with Crippen molar-refractivity contribution < 1.29 is 18.0 Å². The minimum Gasteiger partial charge on any atom is -0.287 e. The van der Waals surface area contributed by atoms with Crippen molar-refractivity contribution in [1.29, 1.82) is 0 Å². The molecule has 0 N–H and O–H groups in total. The fraction of sp³-hybridized carbons (Fsp3) is 0.231. The number of halogens is 3. The van der Waals surface area contributed by atoms with Crippen LogP contribution < -0.4 is 0 Å². The predicted octanol–water partition coefficient (Wildman–Crippen LogP) is 3.15. The number of rotatable bonds is 3. The van der Waals surface area contributed by atoms with Crippen LogP contribution in [0.3, 0.4) is 0 Å². The van der Waals surface area contributed by atoms with Crippen LogP contribution >= 0.6 is 0 Å². The molecule has 1 heterocycles. The second-order valence-corrected chi connectivity index (χ2v) is 3.94. The van der Waals surface area contributed by atoms with Gasteiger partial charge in [0.05, 0.1) is 5.56 Å². The molecule has 0 amide bonds. The van der Waals surface area contributed by atoms with Crippen molar-refractivity contribution in [2.24, 2.45) is 0 Å². The Kier molecular flexibility index (Phi) is 3.42. The van der Waals surface area contributed by atoms with E-state index in [1.54, 1.807) is 6.07 Å². The Morgan fingerprint density at radius 3 is 2.37 bits per heavy atom. The Bertz CT molecular complexity index is 585. The van der Waals surface area contributed by atoms with Crippen LogP contribution in [0.1, 0.15) is 28.5 Å². The highest BCUT2D eigenvalue weighted by atomic mass is 19.4. The molecule has 2 rings (SSSR count). The molecule has 0 bridgehead atoms. The van der Waals surface area contributed by atoms with Gasteiger partial charge in [0.2, 0.25) is 5.78 Å². The Hall–Kier alpha value is -2.11. The third-order valence-electron chi connectivity index (χ3n) is 2.72. The lowest BCUT2D eigenvalue weighted by molar-refractivity contribution is -0.137. The van der Waals surface area contributed by atoms with E-state index in [0.717, 1.165) is 12.1 Å². The number of alkyl halides is 3. The maximum Gasteiger partial charge on any atom is 0.416 e. The van der Waals surface area contributed by atoms with Gasteiger partial charge in [0.25, 0.3) is 0 Å². The van der Waals surface area contributed by atoms with E-state index in [1.165, 1.54) is 23.0 Å². The van der Waals surface area contributed by atoms with Crippen LogP contribution in [-0.2, 0) is 12.7 Å². The summed E-state index contributed by atoms with van der Waals surface area (Å²) >= 11 is 0. The van der Waals surface area contributed by atoms with Crippen molar-refractivity contribution in [3.63, 3.8) is 0 Å². The topological polar surface area (TPSA) is 34.9 Å². The number of ketones is 1. The molecular formula is C13H11F3N2O. The largest absolute Gasteiger partial charge is 0.416 e. The molecule has 3 nitrogen and oxygen atoms in total. The molecule has 0 fully saturated rings. The van der Waals surface area contributed by atoms with Crippen LogP contribution in [0.25, 0.3) is 0 Å². The summed E-state index contributed by atoms with van der Waals surface area (Å²) in [7, 11) is 0. The van der Waals surface area contributed by atoms with Crippen LogP contribution in [0.4, 0.5) is 13.2 Å². The first-order chi connectivity index (χ1) is 8.93. The molecule has 0 saturated carbocycles. The van der Waals surface area contributed by atoms with Gasteiger partial charge in [-0.15, -0.1) is 0 Å². The smallest absolute Gasteiger partial charge is 0.287 e. The van der Waals surface area contributed by atoms with Crippen LogP contribution in [0, 0.1) is 0 Å². The summed E-state index contributed by atoms with van der Waals surface area (Å²) in [5, 5.41) is 3.95. The number of hydrogen-bond donors (Lipinski definition) is 0. The predicted molar refractivity (Wildman–Crippen MR) is 62.8 cm³/mol. The third-order valence-corrected chi connectivity index (χ3v) is 2.72. The number of carbonyl (C=O) groups is 1. The summed E-state index contributed by atoms with van der Waals surface area (Å²) in [5.74, 6) is -0.340. The Labute approximate surface area is 107 Å². The van der Waals surface area contributed by atoms with E-state index in [2.05, 4.69) is 5.10 Å². The van der Waals surface area contributed by atoms with Gasteiger partial charge in [-0.1, -0.05) is 12.1 Å². The molecule has 100 valence electrons. The van der Waals surface area contributed by atoms with Crippen molar-refractivity contribution in [1.82, 2.24) is 9.78 Å². The number of nitrogens with zero attached hydrogens (tertiary/aromatic N) is 2. The molecule has 0 spiro atoms. The van der Waals surface area contributed by atoms with E-state index < -0.39 is 11.7 Å². The highest BCUT2D eigenvalue weighted by Crippen LogP contribution is 2.29. The average molecular weight is 268 g/mol. The highest BCUT2D eigenvalue weighted by Gasteiger charge is 2.30. The van der Waals surface area contributed by atoms with Gasteiger partial charge < -0.3 is 0 Å². The lowest BCUT2D eigenvalue weighted by atomic mass is 10.1. The summed E-state index contributed by atoms with van der Waals surface area (Å²) in [5.41, 5.74) is -0.196. The zero-order chi connectivity index (χ0) is 14.0. The van der Waals surface area contributed by atoms with Gasteiger partial charge in [-0.2, -0.15) is 18.3 Å². The average Bonchev–Trinajstić information content (AvgIpc) is 2.85. The van der Waals surface area contributed by atoms with Crippen molar-refractivity contribution in [2.75, 3.05) is 0 Å². The monoisotopic (exact) mass is 268 g/mol. The number of hydrogen-bond acceptors (Lipinski definition) is 2. The zero-order valence-corrected chi connectivity index (χ0v) is 10.1. The SMILES string of the molecule is CCn1nccc1C(=O)c1ccc(C(F)(F)F)cc1. The summed E-state index contributed by atoms with van der Waals surface area (Å²) in [6.45, 7) is 2.35. The molecule has 0 saturated heterocycles. The van der Waals surface area contributed by atoms with Gasteiger partial charge in [0, 0.05) is 18.3 Å². The fourth-order valence-electron chi connectivity index (χ4n) is 1.74. The van der Waals surface area contributed by atoms with E-state index in [-0.39, 0.29) is 11.3 Å². The third kappa shape index (κ3) is 2.67. The van der Waals surface area contributed by atoms with Gasteiger partial charge >= 0.3 is 6.18 Å². The van der Waals surface area contributed by atoms with Gasteiger partial charge in [-0.25, -0.2) is 0 Å².